The van der Waals surface area contributed by atoms with E-state index >= 15 is 0 Å². The van der Waals surface area contributed by atoms with Crippen LogP contribution >= 0.6 is 0 Å². The number of hydrogen-bond donors (Lipinski definition) is 2. The third-order valence-electron chi connectivity index (χ3n) is 5.01. The molecule has 7 heteroatoms. The van der Waals surface area contributed by atoms with Crippen molar-refractivity contribution in [3.63, 3.8) is 0 Å². The fourth-order valence-corrected chi connectivity index (χ4v) is 3.11. The average molecular weight is 411 g/mol. The number of amides is 3. The summed E-state index contributed by atoms with van der Waals surface area (Å²) in [5, 5.41) is 5.76. The van der Waals surface area contributed by atoms with Crippen molar-refractivity contribution in [2.24, 2.45) is 5.92 Å². The van der Waals surface area contributed by atoms with Gasteiger partial charge < -0.3 is 20.3 Å². The molecule has 0 aliphatic carbocycles. The minimum Gasteiger partial charge on any atom is -0.492 e. The molecule has 1 saturated heterocycles. The molecule has 2 N–H and O–H groups in total. The molecule has 1 aliphatic heterocycles. The zero-order valence-corrected chi connectivity index (χ0v) is 17.6. The first-order chi connectivity index (χ1) is 14.5. The number of urea groups is 1. The van der Waals surface area contributed by atoms with E-state index in [0.717, 1.165) is 31.1 Å². The predicted octanol–water partition coefficient (Wildman–Crippen LogP) is 3.51. The molecule has 0 atom stereocenters. The molecular weight excluding hydrogens is 380 g/mol. The summed E-state index contributed by atoms with van der Waals surface area (Å²) in [6.45, 7) is 8.18. The van der Waals surface area contributed by atoms with E-state index < -0.39 is 0 Å². The molecule has 7 nitrogen and oxygen atoms in total. The second kappa shape index (κ2) is 10.6. The Hall–Kier alpha value is -3.06. The summed E-state index contributed by atoms with van der Waals surface area (Å²) in [5.41, 5.74) is 1.43. The Bertz CT molecular complexity index is 816. The molecule has 2 aromatic rings. The summed E-state index contributed by atoms with van der Waals surface area (Å²) in [7, 11) is 0. The van der Waals surface area contributed by atoms with Gasteiger partial charge in [0.15, 0.2) is 0 Å². The number of piperazine rings is 1. The number of hydrogen-bond acceptors (Lipinski definition) is 4. The van der Waals surface area contributed by atoms with Crippen LogP contribution in [0.5, 0.6) is 5.75 Å². The van der Waals surface area contributed by atoms with E-state index in [9.17, 15) is 9.59 Å². The normalized spacial score (nSPS) is 14.4. The van der Waals surface area contributed by atoms with Crippen molar-refractivity contribution in [1.29, 1.82) is 0 Å². The first-order valence-electron chi connectivity index (χ1n) is 10.4. The standard InChI is InChI=1S/C23H30N4O3/c1-18(2)22(28)24-19-8-10-20(11-9-19)25-23(29)27-14-12-26(13-15-27)16-17-30-21-6-4-3-5-7-21/h3-11,18H,12-17H2,1-2H3,(H,24,28)(H,25,29). The van der Waals surface area contributed by atoms with E-state index in [-0.39, 0.29) is 17.9 Å². The van der Waals surface area contributed by atoms with E-state index in [1.165, 1.54) is 0 Å². The van der Waals surface area contributed by atoms with Gasteiger partial charge >= 0.3 is 6.03 Å². The number of ether oxygens (including phenoxy) is 1. The van der Waals surface area contributed by atoms with E-state index in [2.05, 4.69) is 15.5 Å². The highest BCUT2D eigenvalue weighted by atomic mass is 16.5. The van der Waals surface area contributed by atoms with Crippen LogP contribution in [-0.2, 0) is 4.79 Å². The number of carbonyl (C=O) groups excluding carboxylic acids is 2. The van der Waals surface area contributed by atoms with Gasteiger partial charge in [-0.3, -0.25) is 9.69 Å². The Morgan fingerprint density at radius 3 is 2.10 bits per heavy atom. The van der Waals surface area contributed by atoms with Crippen LogP contribution in [0.3, 0.4) is 0 Å². The molecule has 1 aliphatic rings. The third-order valence-corrected chi connectivity index (χ3v) is 5.01. The number of rotatable bonds is 7. The van der Waals surface area contributed by atoms with Crippen molar-refractivity contribution in [2.75, 3.05) is 50.0 Å². The quantitative estimate of drug-likeness (QED) is 0.733. The molecule has 30 heavy (non-hydrogen) atoms. The molecule has 0 spiro atoms. The lowest BCUT2D eigenvalue weighted by Crippen LogP contribution is -2.50. The minimum absolute atomic E-state index is 0.0289. The van der Waals surface area contributed by atoms with Gasteiger partial charge in [0.25, 0.3) is 0 Å². The van der Waals surface area contributed by atoms with Crippen molar-refractivity contribution in [3.05, 3.63) is 54.6 Å². The average Bonchev–Trinajstić information content (AvgIpc) is 2.76. The molecule has 0 unspecified atom stereocenters. The van der Waals surface area contributed by atoms with Gasteiger partial charge in [0, 0.05) is 50.0 Å². The van der Waals surface area contributed by atoms with Crippen molar-refractivity contribution in [1.82, 2.24) is 9.80 Å². The molecule has 2 aromatic carbocycles. The fraction of sp³-hybridized carbons (Fsp3) is 0.391. The van der Waals surface area contributed by atoms with E-state index in [0.29, 0.717) is 25.4 Å². The van der Waals surface area contributed by atoms with Gasteiger partial charge in [-0.15, -0.1) is 0 Å². The molecule has 3 amide bonds. The van der Waals surface area contributed by atoms with E-state index in [4.69, 9.17) is 4.74 Å². The molecule has 0 saturated carbocycles. The van der Waals surface area contributed by atoms with Crippen molar-refractivity contribution >= 4 is 23.3 Å². The highest BCUT2D eigenvalue weighted by Gasteiger charge is 2.21. The van der Waals surface area contributed by atoms with Crippen LogP contribution in [0.4, 0.5) is 16.2 Å². The molecule has 0 radical (unpaired) electrons. The smallest absolute Gasteiger partial charge is 0.321 e. The van der Waals surface area contributed by atoms with Crippen LogP contribution in [-0.4, -0.2) is 61.1 Å². The first kappa shape index (κ1) is 21.6. The molecule has 160 valence electrons. The lowest BCUT2D eigenvalue weighted by molar-refractivity contribution is -0.118. The number of nitrogens with zero attached hydrogens (tertiary/aromatic N) is 2. The van der Waals surface area contributed by atoms with Gasteiger partial charge in [0.1, 0.15) is 12.4 Å². The molecule has 1 heterocycles. The topological polar surface area (TPSA) is 73.9 Å². The lowest BCUT2D eigenvalue weighted by Gasteiger charge is -2.34. The van der Waals surface area contributed by atoms with Gasteiger partial charge in [-0.1, -0.05) is 32.0 Å². The van der Waals surface area contributed by atoms with Crippen LogP contribution in [0.1, 0.15) is 13.8 Å². The third kappa shape index (κ3) is 6.49. The maximum Gasteiger partial charge on any atom is 0.321 e. The van der Waals surface area contributed by atoms with Crippen molar-refractivity contribution < 1.29 is 14.3 Å². The monoisotopic (exact) mass is 410 g/mol. The Kier molecular flexibility index (Phi) is 7.68. The molecule has 1 fully saturated rings. The maximum absolute atomic E-state index is 12.5. The zero-order valence-electron chi connectivity index (χ0n) is 17.6. The summed E-state index contributed by atoms with van der Waals surface area (Å²) in [6.07, 6.45) is 0. The van der Waals surface area contributed by atoms with Crippen LogP contribution < -0.4 is 15.4 Å². The van der Waals surface area contributed by atoms with Crippen molar-refractivity contribution in [2.45, 2.75) is 13.8 Å². The number of nitrogens with one attached hydrogen (secondary N) is 2. The Morgan fingerprint density at radius 2 is 1.50 bits per heavy atom. The zero-order chi connectivity index (χ0) is 21.3. The second-order valence-electron chi connectivity index (χ2n) is 7.64. The Labute approximate surface area is 178 Å². The number of para-hydroxylation sites is 1. The molecule has 3 rings (SSSR count). The molecular formula is C23H30N4O3. The summed E-state index contributed by atoms with van der Waals surface area (Å²) in [6, 6.07) is 16.9. The molecule has 0 aromatic heterocycles. The van der Waals surface area contributed by atoms with Crippen LogP contribution in [0, 0.1) is 5.92 Å². The Morgan fingerprint density at radius 1 is 0.900 bits per heavy atom. The van der Waals surface area contributed by atoms with Gasteiger partial charge in [-0.25, -0.2) is 4.79 Å². The van der Waals surface area contributed by atoms with Crippen molar-refractivity contribution in [3.8, 4) is 5.75 Å². The number of anilines is 2. The number of carbonyl (C=O) groups is 2. The summed E-state index contributed by atoms with van der Waals surface area (Å²) < 4.78 is 5.75. The highest BCUT2D eigenvalue weighted by Crippen LogP contribution is 2.15. The SMILES string of the molecule is CC(C)C(=O)Nc1ccc(NC(=O)N2CCN(CCOc3ccccc3)CC2)cc1. The second-order valence-corrected chi connectivity index (χ2v) is 7.64. The lowest BCUT2D eigenvalue weighted by atomic mass is 10.2. The minimum atomic E-state index is -0.103. The van der Waals surface area contributed by atoms with Crippen LogP contribution in [0.2, 0.25) is 0 Å². The number of benzene rings is 2. The van der Waals surface area contributed by atoms with Gasteiger partial charge in [-0.05, 0) is 36.4 Å². The van der Waals surface area contributed by atoms with E-state index in [1.807, 2.05) is 49.1 Å². The van der Waals surface area contributed by atoms with Gasteiger partial charge in [-0.2, -0.15) is 0 Å². The van der Waals surface area contributed by atoms with Gasteiger partial charge in [0.2, 0.25) is 5.91 Å². The van der Waals surface area contributed by atoms with Crippen LogP contribution in [0.25, 0.3) is 0 Å². The first-order valence-corrected chi connectivity index (χ1v) is 10.4. The molecule has 0 bridgehead atoms. The fourth-order valence-electron chi connectivity index (χ4n) is 3.11. The maximum atomic E-state index is 12.5. The summed E-state index contributed by atoms with van der Waals surface area (Å²) >= 11 is 0. The largest absolute Gasteiger partial charge is 0.492 e. The van der Waals surface area contributed by atoms with Crippen LogP contribution in [0.15, 0.2) is 54.6 Å². The Balaban J connectivity index is 1.38. The predicted molar refractivity (Wildman–Crippen MR) is 119 cm³/mol. The van der Waals surface area contributed by atoms with Gasteiger partial charge in [0.05, 0.1) is 0 Å². The summed E-state index contributed by atoms with van der Waals surface area (Å²) in [5.74, 6) is 0.775. The van der Waals surface area contributed by atoms with E-state index in [1.54, 1.807) is 24.3 Å². The summed E-state index contributed by atoms with van der Waals surface area (Å²) in [4.78, 5) is 28.4. The highest BCUT2D eigenvalue weighted by molar-refractivity contribution is 5.93.